The largest absolute Gasteiger partial charge is 0.481 e. The lowest BCUT2D eigenvalue weighted by atomic mass is 9.89. The van der Waals surface area contributed by atoms with Gasteiger partial charge in [0, 0.05) is 35.9 Å². The number of fused-ring (bicyclic) bond motifs is 1. The Labute approximate surface area is 291 Å². The van der Waals surface area contributed by atoms with Gasteiger partial charge in [0.1, 0.15) is 48.5 Å². The molecule has 0 saturated carbocycles. The Balaban J connectivity index is 1.03. The van der Waals surface area contributed by atoms with Crippen molar-refractivity contribution in [2.45, 2.75) is 49.1 Å². The van der Waals surface area contributed by atoms with E-state index in [-0.39, 0.29) is 28.1 Å². The summed E-state index contributed by atoms with van der Waals surface area (Å²) in [5, 5.41) is 42.3. The number of aromatic nitrogens is 5. The van der Waals surface area contributed by atoms with Crippen molar-refractivity contribution < 1.29 is 71.8 Å². The maximum absolute atomic E-state index is 13.0. The summed E-state index contributed by atoms with van der Waals surface area (Å²) in [6.07, 6.45) is -3.56. The number of amides is 1. The normalized spacial score (nSPS) is 31.3. The van der Waals surface area contributed by atoms with E-state index in [2.05, 4.69) is 24.2 Å². The highest BCUT2D eigenvalue weighted by atomic mass is 31.3. The number of phosphoric ester groups is 2. The highest BCUT2D eigenvalue weighted by Crippen LogP contribution is 2.60. The molecule has 280 valence electrons. The summed E-state index contributed by atoms with van der Waals surface area (Å²) in [6, 6.07) is 2.90. The number of allylic oxidation sites excluding steroid dienone is 1. The van der Waals surface area contributed by atoms with Gasteiger partial charge in [-0.2, -0.15) is 4.31 Å². The number of hydrogen-bond acceptors (Lipinski definition) is 19. The number of primary amides is 1. The van der Waals surface area contributed by atoms with Crippen molar-refractivity contribution in [3.05, 3.63) is 66.8 Å². The third kappa shape index (κ3) is 7.68. The van der Waals surface area contributed by atoms with Crippen molar-refractivity contribution in [2.24, 2.45) is 11.7 Å². The molecule has 10 N–H and O–H groups in total. The Kier molecular flexibility index (Phi) is 10.7. The van der Waals surface area contributed by atoms with E-state index in [0.717, 1.165) is 17.4 Å². The first kappa shape index (κ1) is 37.7. The predicted molar refractivity (Wildman–Crippen MR) is 169 cm³/mol. The number of Topliss-reactive ketones (excluding diaryl/α,β-unsaturated/α-hetero) is 1. The van der Waals surface area contributed by atoms with Gasteiger partial charge in [0.25, 0.3) is 0 Å². The second kappa shape index (κ2) is 14.8. The fourth-order valence-corrected chi connectivity index (χ4v) is 7.74. The molecule has 3 aliphatic rings. The molecule has 6 heterocycles. The van der Waals surface area contributed by atoms with Gasteiger partial charge in [-0.25, -0.2) is 24.1 Å². The summed E-state index contributed by atoms with van der Waals surface area (Å²) >= 11 is 0. The monoisotopic (exact) mass is 770 g/mol. The summed E-state index contributed by atoms with van der Waals surface area (Å²) in [6.45, 7) is -1.90. The molecule has 3 aliphatic heterocycles. The van der Waals surface area contributed by atoms with Crippen molar-refractivity contribution in [3.8, 4) is 0 Å². The zero-order chi connectivity index (χ0) is 37.5. The summed E-state index contributed by atoms with van der Waals surface area (Å²) in [7, 11) is -10.9. The predicted octanol–water partition coefficient (Wildman–Crippen LogP) is -2.18. The highest BCUT2D eigenvalue weighted by molar-refractivity contribution is 7.61. The van der Waals surface area contributed by atoms with Crippen LogP contribution in [0.5, 0.6) is 0 Å². The molecule has 0 aliphatic carbocycles. The molecule has 2 saturated heterocycles. The van der Waals surface area contributed by atoms with Crippen LogP contribution in [-0.4, -0.2) is 127 Å². The van der Waals surface area contributed by atoms with Gasteiger partial charge in [0.05, 0.1) is 25.5 Å². The fourth-order valence-electron chi connectivity index (χ4n) is 5.65. The summed E-state index contributed by atoms with van der Waals surface area (Å²) in [5.41, 5.74) is 11.7. The molecule has 0 radical (unpaired) electrons. The number of carbonyl (C=O) groups excluding carboxylic acids is 2. The molecule has 11 atom stereocenters. The zero-order valence-corrected chi connectivity index (χ0v) is 28.2. The number of nitrogens with zero attached hydrogens (tertiary/aromatic N) is 6. The first-order chi connectivity index (χ1) is 24.6. The smallest absolute Gasteiger partial charge is 0.387 e. The minimum Gasteiger partial charge on any atom is -0.387 e. The number of rotatable bonds is 13. The highest BCUT2D eigenvalue weighted by Gasteiger charge is 2.49. The van der Waals surface area contributed by atoms with Crippen LogP contribution in [0, 0.1) is 5.92 Å². The van der Waals surface area contributed by atoms with E-state index in [1.54, 1.807) is 0 Å². The van der Waals surface area contributed by atoms with E-state index in [0.29, 0.717) is 0 Å². The van der Waals surface area contributed by atoms with Gasteiger partial charge in [0.15, 0.2) is 29.7 Å². The fraction of sp³-hybridized carbons (Fsp3) is 0.407. The lowest BCUT2D eigenvalue weighted by Crippen LogP contribution is -2.41. The van der Waals surface area contributed by atoms with E-state index >= 15 is 0 Å². The van der Waals surface area contributed by atoms with E-state index in [1.807, 2.05) is 0 Å². The SMILES string of the molecule is NC(=O)C1=CN([C@@H]2O[C@H](COP(=O)(O)OP(=O)(O)OC[C@H]3O[C@@H](n4cnc5c(N)ncnc54)[C@H](O)[C@@H]3O)[C@@H](O)[C@H]2O)C=CC1C(=O)c1ccncc1. The number of aliphatic hydroxyl groups is 4. The third-order valence-corrected chi connectivity index (χ3v) is 10.8. The van der Waals surface area contributed by atoms with Gasteiger partial charge in [-0.05, 0) is 12.1 Å². The average molecular weight is 771 g/mol. The minimum atomic E-state index is -5.45. The molecule has 2 fully saturated rings. The molecule has 52 heavy (non-hydrogen) atoms. The first-order valence-electron chi connectivity index (χ1n) is 15.1. The Morgan fingerprint density at radius 2 is 1.48 bits per heavy atom. The van der Waals surface area contributed by atoms with Crippen LogP contribution in [0.1, 0.15) is 16.6 Å². The van der Waals surface area contributed by atoms with Gasteiger partial charge in [-0.1, -0.05) is 6.08 Å². The topological polar surface area (TPSA) is 348 Å². The van der Waals surface area contributed by atoms with Crippen LogP contribution in [0.3, 0.4) is 0 Å². The van der Waals surface area contributed by atoms with Crippen LogP contribution in [0.25, 0.3) is 11.2 Å². The van der Waals surface area contributed by atoms with E-state index in [9.17, 15) is 48.9 Å². The average Bonchev–Trinajstić information content (AvgIpc) is 3.75. The van der Waals surface area contributed by atoms with Crippen LogP contribution in [-0.2, 0) is 36.8 Å². The number of pyridine rings is 1. The summed E-state index contributed by atoms with van der Waals surface area (Å²) < 4.78 is 51.3. The zero-order valence-electron chi connectivity index (χ0n) is 26.4. The molecule has 0 bridgehead atoms. The van der Waals surface area contributed by atoms with Gasteiger partial charge in [0.2, 0.25) is 5.91 Å². The Hall–Kier alpha value is -4.06. The molecular formula is C27H32N8O15P2. The molecular weight excluding hydrogens is 738 g/mol. The minimum absolute atomic E-state index is 0.0378. The van der Waals surface area contributed by atoms with Crippen molar-refractivity contribution in [3.63, 3.8) is 0 Å². The second-order valence-electron chi connectivity index (χ2n) is 11.6. The second-order valence-corrected chi connectivity index (χ2v) is 14.6. The Bertz CT molecular complexity index is 1980. The molecule has 3 aromatic rings. The number of nitrogen functional groups attached to an aromatic ring is 1. The van der Waals surface area contributed by atoms with Crippen LogP contribution < -0.4 is 11.5 Å². The van der Waals surface area contributed by atoms with Crippen LogP contribution >= 0.6 is 15.6 Å². The van der Waals surface area contributed by atoms with E-state index in [1.165, 1.54) is 47.7 Å². The van der Waals surface area contributed by atoms with Crippen LogP contribution in [0.15, 0.2) is 61.2 Å². The molecule has 23 nitrogen and oxygen atoms in total. The molecule has 6 rings (SSSR count). The molecule has 3 aromatic heterocycles. The lowest BCUT2D eigenvalue weighted by Gasteiger charge is -2.31. The molecule has 1 amide bonds. The number of phosphoric acid groups is 2. The lowest BCUT2D eigenvalue weighted by molar-refractivity contribution is -0.115. The van der Waals surface area contributed by atoms with Crippen molar-refractivity contribution in [2.75, 3.05) is 18.9 Å². The number of carbonyl (C=O) groups is 2. The molecule has 3 unspecified atom stereocenters. The van der Waals surface area contributed by atoms with Crippen LogP contribution in [0.4, 0.5) is 5.82 Å². The maximum atomic E-state index is 13.0. The van der Waals surface area contributed by atoms with Crippen molar-refractivity contribution in [1.82, 2.24) is 29.4 Å². The van der Waals surface area contributed by atoms with Crippen LogP contribution in [0.2, 0.25) is 0 Å². The van der Waals surface area contributed by atoms with Gasteiger partial charge in [-0.15, -0.1) is 0 Å². The number of ketones is 1. The number of ether oxygens (including phenoxy) is 2. The van der Waals surface area contributed by atoms with E-state index in [4.69, 9.17) is 30.0 Å². The Morgan fingerprint density at radius 1 is 0.885 bits per heavy atom. The van der Waals surface area contributed by atoms with Gasteiger partial charge < -0.3 is 56.1 Å². The molecule has 25 heteroatoms. The summed E-state index contributed by atoms with van der Waals surface area (Å²) in [4.78, 5) is 62.4. The quantitative estimate of drug-likeness (QED) is 0.0676. The number of nitrogens with two attached hydrogens (primary N) is 2. The summed E-state index contributed by atoms with van der Waals surface area (Å²) in [5.74, 6) is -2.48. The Morgan fingerprint density at radius 3 is 2.10 bits per heavy atom. The number of hydrogen-bond donors (Lipinski definition) is 8. The maximum Gasteiger partial charge on any atom is 0.481 e. The number of anilines is 1. The van der Waals surface area contributed by atoms with Crippen molar-refractivity contribution >= 4 is 44.3 Å². The third-order valence-electron chi connectivity index (χ3n) is 8.25. The number of imidazole rings is 1. The molecule has 0 spiro atoms. The van der Waals surface area contributed by atoms with Gasteiger partial charge >= 0.3 is 15.6 Å². The number of aliphatic hydroxyl groups excluding tert-OH is 4. The molecule has 0 aromatic carbocycles. The first-order valence-corrected chi connectivity index (χ1v) is 18.1. The van der Waals surface area contributed by atoms with E-state index < -0.39 is 95.5 Å². The van der Waals surface area contributed by atoms with Crippen molar-refractivity contribution in [1.29, 1.82) is 0 Å². The van der Waals surface area contributed by atoms with Gasteiger partial charge in [-0.3, -0.25) is 28.2 Å². The standard InChI is InChI=1S/C27H32N8O15P2/c28-23-17-25(32-10-31-23)35(11-33-17)27-22(40)20(38)16(49-27)9-47-52(44,45)50-51(42,43)46-8-15-19(37)21(39)26(48-15)34-6-3-13(14(7-34)24(29)41)18(36)12-1-4-30-5-2-12/h1-7,10-11,13,15-16,19-22,26-27,37-40H,8-9H2,(H2,29,41)(H,42,43)(H,44,45)(H2,28,31,32)/t13?,15-,16-,19-,20-,21-,22-,26-,27-/m1/s1.